The second-order valence-electron chi connectivity index (χ2n) is 7.03. The summed E-state index contributed by atoms with van der Waals surface area (Å²) in [4.78, 5) is 28.9. The maximum Gasteiger partial charge on any atom is 0.251 e. The molecule has 0 spiro atoms. The first-order valence-corrected chi connectivity index (χ1v) is 10.9. The number of hydrogen-bond acceptors (Lipinski definition) is 5. The van der Waals surface area contributed by atoms with E-state index in [0.717, 1.165) is 12.0 Å². The number of nitrogens with one attached hydrogen (secondary N) is 2. The fourth-order valence-electron chi connectivity index (χ4n) is 3.02. The summed E-state index contributed by atoms with van der Waals surface area (Å²) in [5.74, 6) is 0.627. The van der Waals surface area contributed by atoms with Crippen LogP contribution >= 0.6 is 11.6 Å². The zero-order chi connectivity index (χ0) is 22.8. The van der Waals surface area contributed by atoms with Gasteiger partial charge in [-0.25, -0.2) is 4.98 Å². The largest absolute Gasteiger partial charge is 0.441 e. The third kappa shape index (κ3) is 6.93. The number of benzene rings is 2. The molecule has 2 amide bonds. The van der Waals surface area contributed by atoms with E-state index in [1.807, 2.05) is 25.1 Å². The van der Waals surface area contributed by atoms with Crippen molar-refractivity contribution in [3.63, 3.8) is 0 Å². The van der Waals surface area contributed by atoms with E-state index in [1.165, 1.54) is 0 Å². The van der Waals surface area contributed by atoms with Gasteiger partial charge in [0.1, 0.15) is 0 Å². The summed E-state index contributed by atoms with van der Waals surface area (Å²) in [7, 11) is 0. The van der Waals surface area contributed by atoms with Crippen LogP contribution in [0.15, 0.2) is 59.1 Å². The van der Waals surface area contributed by atoms with Crippen molar-refractivity contribution in [3.8, 4) is 11.3 Å². The molecule has 0 saturated carbocycles. The topological polar surface area (TPSA) is 93.5 Å². The molecular weight excluding hydrogens is 430 g/mol. The summed E-state index contributed by atoms with van der Waals surface area (Å²) in [6.07, 6.45) is 2.88. The number of oxazole rings is 1. The first-order chi connectivity index (χ1) is 15.6. The van der Waals surface area contributed by atoms with E-state index < -0.39 is 0 Å². The summed E-state index contributed by atoms with van der Waals surface area (Å²) in [5, 5.41) is 6.23. The highest BCUT2D eigenvalue weighted by Crippen LogP contribution is 2.28. The highest BCUT2D eigenvalue weighted by atomic mass is 35.5. The summed E-state index contributed by atoms with van der Waals surface area (Å²) >= 11 is 6.18. The fourth-order valence-corrected chi connectivity index (χ4v) is 3.24. The van der Waals surface area contributed by atoms with Gasteiger partial charge in [0.15, 0.2) is 11.7 Å². The Morgan fingerprint density at radius 1 is 1.16 bits per heavy atom. The minimum Gasteiger partial charge on any atom is -0.441 e. The Kier molecular flexibility index (Phi) is 8.83. The maximum absolute atomic E-state index is 12.4. The fraction of sp³-hybridized carbons (Fsp3) is 0.292. The van der Waals surface area contributed by atoms with E-state index in [4.69, 9.17) is 20.8 Å². The monoisotopic (exact) mass is 455 g/mol. The molecule has 0 radical (unpaired) electrons. The Hall–Kier alpha value is -3.16. The van der Waals surface area contributed by atoms with Crippen LogP contribution < -0.4 is 10.6 Å². The molecule has 0 aliphatic rings. The zero-order valence-corrected chi connectivity index (χ0v) is 18.7. The van der Waals surface area contributed by atoms with Crippen LogP contribution in [-0.4, -0.2) is 36.6 Å². The minimum atomic E-state index is -0.197. The maximum atomic E-state index is 12.4. The van der Waals surface area contributed by atoms with Gasteiger partial charge in [0, 0.05) is 49.4 Å². The number of rotatable bonds is 11. The molecule has 3 rings (SSSR count). The molecule has 0 atom stereocenters. The Bertz CT molecular complexity index is 1050. The van der Waals surface area contributed by atoms with Crippen LogP contribution in [0.25, 0.3) is 11.3 Å². The predicted octanol–water partition coefficient (Wildman–Crippen LogP) is 4.72. The lowest BCUT2D eigenvalue weighted by molar-refractivity contribution is -0.116. The molecule has 8 heteroatoms. The van der Waals surface area contributed by atoms with Gasteiger partial charge in [-0.05, 0) is 43.7 Å². The molecule has 0 unspecified atom stereocenters. The van der Waals surface area contributed by atoms with Crippen LogP contribution in [0.1, 0.15) is 36.0 Å². The number of carbonyl (C=O) groups is 2. The van der Waals surface area contributed by atoms with Gasteiger partial charge in [-0.15, -0.1) is 0 Å². The van der Waals surface area contributed by atoms with E-state index in [9.17, 15) is 9.59 Å². The number of hydrogen-bond donors (Lipinski definition) is 2. The smallest absolute Gasteiger partial charge is 0.251 e. The van der Waals surface area contributed by atoms with Crippen LogP contribution in [0, 0.1) is 0 Å². The standard InChI is InChI=1S/C24H26ClN3O4/c1-2-31-14-6-13-26-24(30)17-7-5-8-18(15-17)28-22(29)11-12-23-27-16-21(32-23)19-9-3-4-10-20(19)25/h3-5,7-10,15-16H,2,6,11-14H2,1H3,(H,26,30)(H,28,29). The Morgan fingerprint density at radius 2 is 2.00 bits per heavy atom. The lowest BCUT2D eigenvalue weighted by atomic mass is 10.2. The number of carbonyl (C=O) groups excluding carboxylic acids is 2. The van der Waals surface area contributed by atoms with Crippen molar-refractivity contribution in [1.29, 1.82) is 0 Å². The summed E-state index contributed by atoms with van der Waals surface area (Å²) in [6, 6.07) is 14.2. The van der Waals surface area contributed by atoms with Gasteiger partial charge < -0.3 is 19.8 Å². The quantitative estimate of drug-likeness (QED) is 0.408. The van der Waals surface area contributed by atoms with Crippen molar-refractivity contribution in [1.82, 2.24) is 10.3 Å². The Balaban J connectivity index is 1.49. The minimum absolute atomic E-state index is 0.190. The van der Waals surface area contributed by atoms with Crippen LogP contribution in [-0.2, 0) is 16.0 Å². The van der Waals surface area contributed by atoms with E-state index in [0.29, 0.717) is 54.1 Å². The molecule has 7 nitrogen and oxygen atoms in total. The van der Waals surface area contributed by atoms with Crippen molar-refractivity contribution in [2.75, 3.05) is 25.1 Å². The zero-order valence-electron chi connectivity index (χ0n) is 17.9. The number of halogens is 1. The second kappa shape index (κ2) is 12.0. The molecule has 168 valence electrons. The van der Waals surface area contributed by atoms with Crippen LogP contribution in [0.3, 0.4) is 0 Å². The van der Waals surface area contributed by atoms with Gasteiger partial charge in [0.2, 0.25) is 5.91 Å². The van der Waals surface area contributed by atoms with Gasteiger partial charge in [0.25, 0.3) is 5.91 Å². The van der Waals surface area contributed by atoms with Gasteiger partial charge in [-0.3, -0.25) is 9.59 Å². The third-order valence-corrected chi connectivity index (χ3v) is 4.95. The molecule has 0 aliphatic heterocycles. The summed E-state index contributed by atoms with van der Waals surface area (Å²) in [5.41, 5.74) is 1.79. The van der Waals surface area contributed by atoms with Crippen molar-refractivity contribution >= 4 is 29.1 Å². The van der Waals surface area contributed by atoms with Crippen molar-refractivity contribution in [2.45, 2.75) is 26.2 Å². The van der Waals surface area contributed by atoms with Crippen LogP contribution in [0.5, 0.6) is 0 Å². The molecule has 3 aromatic rings. The molecule has 2 aromatic carbocycles. The number of nitrogens with zero attached hydrogens (tertiary/aromatic N) is 1. The molecular formula is C24H26ClN3O4. The van der Waals surface area contributed by atoms with Crippen molar-refractivity contribution < 1.29 is 18.7 Å². The second-order valence-corrected chi connectivity index (χ2v) is 7.44. The third-order valence-electron chi connectivity index (χ3n) is 4.62. The molecule has 32 heavy (non-hydrogen) atoms. The number of aromatic nitrogens is 1. The first kappa shape index (κ1) is 23.5. The van der Waals surface area contributed by atoms with E-state index >= 15 is 0 Å². The first-order valence-electron chi connectivity index (χ1n) is 10.5. The van der Waals surface area contributed by atoms with Gasteiger partial charge in [0.05, 0.1) is 11.2 Å². The van der Waals surface area contributed by atoms with Gasteiger partial charge >= 0.3 is 0 Å². The average Bonchev–Trinajstić information content (AvgIpc) is 3.27. The normalized spacial score (nSPS) is 10.7. The Morgan fingerprint density at radius 3 is 2.81 bits per heavy atom. The number of aryl methyl sites for hydroxylation is 1. The molecule has 1 heterocycles. The van der Waals surface area contributed by atoms with E-state index in [1.54, 1.807) is 36.5 Å². The molecule has 2 N–H and O–H groups in total. The lowest BCUT2D eigenvalue weighted by Gasteiger charge is -2.08. The molecule has 1 aromatic heterocycles. The van der Waals surface area contributed by atoms with Gasteiger partial charge in [-0.2, -0.15) is 0 Å². The van der Waals surface area contributed by atoms with Crippen LogP contribution in [0.2, 0.25) is 5.02 Å². The number of anilines is 1. The molecule has 0 bridgehead atoms. The van der Waals surface area contributed by atoms with Crippen LogP contribution in [0.4, 0.5) is 5.69 Å². The average molecular weight is 456 g/mol. The van der Waals surface area contributed by atoms with Crippen molar-refractivity contribution in [3.05, 3.63) is 71.2 Å². The Labute approximate surface area is 192 Å². The number of ether oxygens (including phenoxy) is 1. The highest BCUT2D eigenvalue weighted by Gasteiger charge is 2.12. The lowest BCUT2D eigenvalue weighted by Crippen LogP contribution is -2.25. The molecule has 0 aliphatic carbocycles. The predicted molar refractivity (Wildman–Crippen MR) is 124 cm³/mol. The van der Waals surface area contributed by atoms with Crippen molar-refractivity contribution in [2.24, 2.45) is 0 Å². The summed E-state index contributed by atoms with van der Waals surface area (Å²) in [6.45, 7) is 3.73. The summed E-state index contributed by atoms with van der Waals surface area (Å²) < 4.78 is 11.0. The molecule has 0 saturated heterocycles. The number of amides is 2. The van der Waals surface area contributed by atoms with E-state index in [-0.39, 0.29) is 18.2 Å². The van der Waals surface area contributed by atoms with Gasteiger partial charge in [-0.1, -0.05) is 29.8 Å². The highest BCUT2D eigenvalue weighted by molar-refractivity contribution is 6.33. The molecule has 0 fully saturated rings. The van der Waals surface area contributed by atoms with E-state index in [2.05, 4.69) is 15.6 Å². The SMILES string of the molecule is CCOCCCNC(=O)c1cccc(NC(=O)CCc2ncc(-c3ccccc3Cl)o2)c1.